The predicted molar refractivity (Wildman–Crippen MR) is 118 cm³/mol. The normalized spacial score (nSPS) is 14.2. The number of benzene rings is 1. The molecule has 0 amide bonds. The van der Waals surface area contributed by atoms with Gasteiger partial charge in [-0.15, -0.1) is 21.5 Å². The van der Waals surface area contributed by atoms with Gasteiger partial charge in [0, 0.05) is 18.1 Å². The van der Waals surface area contributed by atoms with Crippen LogP contribution in [0.1, 0.15) is 18.7 Å². The van der Waals surface area contributed by atoms with E-state index in [2.05, 4.69) is 25.1 Å². The molecule has 1 fully saturated rings. The minimum atomic E-state index is -0.102. The van der Waals surface area contributed by atoms with E-state index in [1.807, 2.05) is 40.3 Å². The summed E-state index contributed by atoms with van der Waals surface area (Å²) < 4.78 is 2.68. The van der Waals surface area contributed by atoms with Crippen LogP contribution in [0.5, 0.6) is 0 Å². The Balaban J connectivity index is 1.49. The van der Waals surface area contributed by atoms with Crippen LogP contribution in [0.3, 0.4) is 0 Å². The van der Waals surface area contributed by atoms with Crippen LogP contribution >= 0.6 is 34.7 Å². The first-order valence-corrected chi connectivity index (χ1v) is 11.5. The van der Waals surface area contributed by atoms with Crippen LogP contribution in [-0.2, 0) is 5.75 Å². The molecular formula is C19H17ClN6OS2. The first-order valence-electron chi connectivity index (χ1n) is 9.24. The zero-order valence-corrected chi connectivity index (χ0v) is 17.7. The summed E-state index contributed by atoms with van der Waals surface area (Å²) >= 11 is 9.13. The van der Waals surface area contributed by atoms with Gasteiger partial charge in [0.15, 0.2) is 5.16 Å². The molecule has 0 aliphatic carbocycles. The number of hydrogen-bond donors (Lipinski definition) is 1. The van der Waals surface area contributed by atoms with E-state index < -0.39 is 0 Å². The summed E-state index contributed by atoms with van der Waals surface area (Å²) in [7, 11) is 0. The minimum absolute atomic E-state index is 0.102. The number of halogens is 1. The number of aromatic nitrogens is 5. The standard InChI is InChI=1S/C19H17ClN6OS2/c20-12-4-3-5-13(10-12)26-18(25-7-1-2-8-25)23-24-19(26)29-11-15-21-14-6-9-28-16(14)17(27)22-15/h3-6,9-10H,1-2,7-8,11H2,(H,21,22,27). The summed E-state index contributed by atoms with van der Waals surface area (Å²) in [6.07, 6.45) is 2.30. The lowest BCUT2D eigenvalue weighted by molar-refractivity contribution is 0.840. The highest BCUT2D eigenvalue weighted by Gasteiger charge is 2.22. The lowest BCUT2D eigenvalue weighted by Crippen LogP contribution is -2.22. The molecule has 1 aliphatic rings. The molecule has 7 nitrogen and oxygen atoms in total. The van der Waals surface area contributed by atoms with Gasteiger partial charge in [-0.25, -0.2) is 4.98 Å². The highest BCUT2D eigenvalue weighted by atomic mass is 35.5. The number of thiophene rings is 1. The van der Waals surface area contributed by atoms with Crippen molar-refractivity contribution in [3.8, 4) is 5.69 Å². The number of nitrogens with zero attached hydrogens (tertiary/aromatic N) is 5. The molecule has 0 unspecified atom stereocenters. The van der Waals surface area contributed by atoms with Crippen LogP contribution < -0.4 is 10.5 Å². The fourth-order valence-electron chi connectivity index (χ4n) is 3.44. The Morgan fingerprint density at radius 3 is 2.90 bits per heavy atom. The molecule has 1 aromatic carbocycles. The Kier molecular flexibility index (Phi) is 5.03. The van der Waals surface area contributed by atoms with E-state index in [1.54, 1.807) is 0 Å². The van der Waals surface area contributed by atoms with E-state index in [0.717, 1.165) is 48.2 Å². The number of hydrogen-bond acceptors (Lipinski definition) is 7. The summed E-state index contributed by atoms with van der Waals surface area (Å²) in [5.41, 5.74) is 1.54. The minimum Gasteiger partial charge on any atom is -0.341 e. The Morgan fingerprint density at radius 2 is 2.07 bits per heavy atom. The third kappa shape index (κ3) is 3.65. The quantitative estimate of drug-likeness (QED) is 0.466. The Hall–Kier alpha value is -2.36. The summed E-state index contributed by atoms with van der Waals surface area (Å²) in [6.45, 7) is 1.93. The predicted octanol–water partition coefficient (Wildman–Crippen LogP) is 4.11. The van der Waals surface area contributed by atoms with Crippen LogP contribution in [-0.4, -0.2) is 37.8 Å². The third-order valence-electron chi connectivity index (χ3n) is 4.77. The van der Waals surface area contributed by atoms with Gasteiger partial charge in [0.25, 0.3) is 5.56 Å². The zero-order chi connectivity index (χ0) is 19.8. The molecule has 1 aliphatic heterocycles. The summed E-state index contributed by atoms with van der Waals surface area (Å²) in [4.78, 5) is 21.9. The van der Waals surface area contributed by atoms with Gasteiger partial charge in [0.1, 0.15) is 10.5 Å². The summed E-state index contributed by atoms with van der Waals surface area (Å²) in [6, 6.07) is 9.54. The van der Waals surface area contributed by atoms with Gasteiger partial charge in [-0.3, -0.25) is 9.36 Å². The first kappa shape index (κ1) is 18.7. The molecule has 1 N–H and O–H groups in total. The maximum Gasteiger partial charge on any atom is 0.268 e. The molecule has 10 heteroatoms. The topological polar surface area (TPSA) is 79.7 Å². The van der Waals surface area contributed by atoms with Crippen LogP contribution in [0.4, 0.5) is 5.95 Å². The molecule has 4 aromatic rings. The van der Waals surface area contributed by atoms with Crippen molar-refractivity contribution in [3.63, 3.8) is 0 Å². The number of nitrogens with one attached hydrogen (secondary N) is 1. The van der Waals surface area contributed by atoms with Crippen molar-refractivity contribution in [1.82, 2.24) is 24.7 Å². The van der Waals surface area contributed by atoms with Gasteiger partial charge in [-0.05, 0) is 42.5 Å². The molecule has 1 saturated heterocycles. The summed E-state index contributed by atoms with van der Waals surface area (Å²) in [5.74, 6) is 1.93. The van der Waals surface area contributed by atoms with Crippen molar-refractivity contribution in [1.29, 1.82) is 0 Å². The lowest BCUT2D eigenvalue weighted by atomic mass is 10.3. The second-order valence-electron chi connectivity index (χ2n) is 6.73. The van der Waals surface area contributed by atoms with E-state index in [1.165, 1.54) is 23.1 Å². The fourth-order valence-corrected chi connectivity index (χ4v) is 5.17. The maximum absolute atomic E-state index is 12.2. The zero-order valence-electron chi connectivity index (χ0n) is 15.3. The molecule has 0 bridgehead atoms. The Morgan fingerprint density at radius 1 is 1.21 bits per heavy atom. The molecular weight excluding hydrogens is 428 g/mol. The molecule has 0 spiro atoms. The number of anilines is 1. The largest absolute Gasteiger partial charge is 0.341 e. The Labute approximate surface area is 179 Å². The number of rotatable bonds is 5. The second kappa shape index (κ2) is 7.81. The van der Waals surface area contributed by atoms with Crippen molar-refractivity contribution in [2.45, 2.75) is 23.8 Å². The smallest absolute Gasteiger partial charge is 0.268 e. The lowest BCUT2D eigenvalue weighted by Gasteiger charge is -2.18. The van der Waals surface area contributed by atoms with Crippen LogP contribution in [0.15, 0.2) is 45.7 Å². The van der Waals surface area contributed by atoms with E-state index >= 15 is 0 Å². The molecule has 3 aromatic heterocycles. The van der Waals surface area contributed by atoms with Crippen molar-refractivity contribution in [3.05, 3.63) is 56.9 Å². The molecule has 148 valence electrons. The average molecular weight is 445 g/mol. The van der Waals surface area contributed by atoms with Gasteiger partial charge >= 0.3 is 0 Å². The Bertz CT molecular complexity index is 1230. The molecule has 5 rings (SSSR count). The highest BCUT2D eigenvalue weighted by molar-refractivity contribution is 7.98. The van der Waals surface area contributed by atoms with Gasteiger partial charge in [0.05, 0.1) is 17.0 Å². The van der Waals surface area contributed by atoms with Crippen LogP contribution in [0.25, 0.3) is 15.9 Å². The van der Waals surface area contributed by atoms with Crippen molar-refractivity contribution >= 4 is 50.9 Å². The monoisotopic (exact) mass is 444 g/mol. The first-order chi connectivity index (χ1) is 14.2. The van der Waals surface area contributed by atoms with Crippen molar-refractivity contribution in [2.24, 2.45) is 0 Å². The van der Waals surface area contributed by atoms with Gasteiger partial charge in [-0.1, -0.05) is 29.4 Å². The summed E-state index contributed by atoms with van der Waals surface area (Å²) in [5, 5.41) is 12.2. The SMILES string of the molecule is O=c1[nH]c(CSc2nnc(N3CCCC3)n2-c2cccc(Cl)c2)nc2ccsc12. The molecule has 0 radical (unpaired) electrons. The van der Waals surface area contributed by atoms with E-state index in [0.29, 0.717) is 21.3 Å². The molecule has 0 atom stereocenters. The number of aromatic amines is 1. The number of fused-ring (bicyclic) bond motifs is 1. The molecule has 0 saturated carbocycles. The maximum atomic E-state index is 12.2. The second-order valence-corrected chi connectivity index (χ2v) is 9.02. The fraction of sp³-hybridized carbons (Fsp3) is 0.263. The third-order valence-corrected chi connectivity index (χ3v) is 6.85. The van der Waals surface area contributed by atoms with Crippen molar-refractivity contribution < 1.29 is 0 Å². The highest BCUT2D eigenvalue weighted by Crippen LogP contribution is 2.30. The van der Waals surface area contributed by atoms with Gasteiger partial charge < -0.3 is 9.88 Å². The number of thioether (sulfide) groups is 1. The van der Waals surface area contributed by atoms with E-state index in [4.69, 9.17) is 11.6 Å². The number of H-pyrrole nitrogens is 1. The van der Waals surface area contributed by atoms with E-state index in [-0.39, 0.29) is 5.56 Å². The van der Waals surface area contributed by atoms with E-state index in [9.17, 15) is 4.79 Å². The average Bonchev–Trinajstić information content (AvgIpc) is 3.45. The van der Waals surface area contributed by atoms with Crippen LogP contribution in [0.2, 0.25) is 5.02 Å². The van der Waals surface area contributed by atoms with Gasteiger partial charge in [-0.2, -0.15) is 0 Å². The molecule has 4 heterocycles. The van der Waals surface area contributed by atoms with Crippen molar-refractivity contribution in [2.75, 3.05) is 18.0 Å². The van der Waals surface area contributed by atoms with Crippen LogP contribution in [0, 0.1) is 0 Å². The van der Waals surface area contributed by atoms with Gasteiger partial charge in [0.2, 0.25) is 5.95 Å². The molecule has 29 heavy (non-hydrogen) atoms.